The van der Waals surface area contributed by atoms with Gasteiger partial charge in [-0.15, -0.1) is 11.3 Å². The lowest BCUT2D eigenvalue weighted by Gasteiger charge is -2.23. The molecule has 1 N–H and O–H groups in total. The van der Waals surface area contributed by atoms with Crippen LogP contribution in [0.4, 0.5) is 0 Å². The number of hydrogen-bond acceptors (Lipinski definition) is 3. The molecule has 0 aliphatic carbocycles. The van der Waals surface area contributed by atoms with Crippen molar-refractivity contribution >= 4 is 23.2 Å². The third kappa shape index (κ3) is 3.20. The molecular formula is C17H18N2O2S. The normalized spacial score (nSPS) is 17.5. The summed E-state index contributed by atoms with van der Waals surface area (Å²) in [6.45, 7) is 1.15. The van der Waals surface area contributed by atoms with Gasteiger partial charge in [0.05, 0.1) is 4.88 Å². The molecule has 0 radical (unpaired) electrons. The molecular weight excluding hydrogens is 296 g/mol. The molecule has 114 valence electrons. The van der Waals surface area contributed by atoms with Crippen LogP contribution in [-0.2, 0) is 11.3 Å². The lowest BCUT2D eigenvalue weighted by molar-refractivity contribution is -0.125. The summed E-state index contributed by atoms with van der Waals surface area (Å²) in [6, 6.07) is 13.1. The highest BCUT2D eigenvalue weighted by molar-refractivity contribution is 7.12. The van der Waals surface area contributed by atoms with Crippen LogP contribution in [-0.4, -0.2) is 29.3 Å². The summed E-state index contributed by atoms with van der Waals surface area (Å²) in [4.78, 5) is 27.3. The van der Waals surface area contributed by atoms with E-state index in [4.69, 9.17) is 0 Å². The zero-order valence-corrected chi connectivity index (χ0v) is 13.0. The first-order valence-corrected chi connectivity index (χ1v) is 8.30. The average Bonchev–Trinajstić information content (AvgIpc) is 3.24. The Labute approximate surface area is 133 Å². The van der Waals surface area contributed by atoms with Crippen molar-refractivity contribution in [2.24, 2.45) is 0 Å². The van der Waals surface area contributed by atoms with Gasteiger partial charge in [0.15, 0.2) is 0 Å². The van der Waals surface area contributed by atoms with Gasteiger partial charge in [-0.1, -0.05) is 36.4 Å². The van der Waals surface area contributed by atoms with E-state index in [1.54, 1.807) is 4.90 Å². The highest BCUT2D eigenvalue weighted by atomic mass is 32.1. The van der Waals surface area contributed by atoms with E-state index in [0.29, 0.717) is 18.0 Å². The van der Waals surface area contributed by atoms with Crippen molar-refractivity contribution in [3.8, 4) is 0 Å². The van der Waals surface area contributed by atoms with Crippen LogP contribution in [0.2, 0.25) is 0 Å². The van der Waals surface area contributed by atoms with E-state index in [1.807, 2.05) is 47.8 Å². The Morgan fingerprint density at radius 2 is 2.00 bits per heavy atom. The molecule has 1 saturated heterocycles. The number of likely N-dealkylation sites (tertiary alicyclic amines) is 1. The molecule has 3 rings (SSSR count). The summed E-state index contributed by atoms with van der Waals surface area (Å²) in [5, 5.41) is 4.82. The Bertz CT molecular complexity index is 640. The van der Waals surface area contributed by atoms with E-state index in [9.17, 15) is 9.59 Å². The van der Waals surface area contributed by atoms with Crippen molar-refractivity contribution in [1.82, 2.24) is 10.2 Å². The fraction of sp³-hybridized carbons (Fsp3) is 0.294. The van der Waals surface area contributed by atoms with Crippen LogP contribution in [0.15, 0.2) is 47.8 Å². The first-order chi connectivity index (χ1) is 10.8. The van der Waals surface area contributed by atoms with Crippen LogP contribution in [0, 0.1) is 0 Å². The van der Waals surface area contributed by atoms with Crippen molar-refractivity contribution in [3.63, 3.8) is 0 Å². The molecule has 5 heteroatoms. The number of carbonyl (C=O) groups is 2. The van der Waals surface area contributed by atoms with Gasteiger partial charge < -0.3 is 10.2 Å². The maximum absolute atomic E-state index is 12.5. The number of thiophene rings is 1. The third-order valence-corrected chi connectivity index (χ3v) is 4.72. The van der Waals surface area contributed by atoms with Crippen LogP contribution in [0.1, 0.15) is 28.1 Å². The molecule has 2 aromatic rings. The highest BCUT2D eigenvalue weighted by Gasteiger charge is 2.34. The van der Waals surface area contributed by atoms with Crippen LogP contribution < -0.4 is 5.32 Å². The second-order valence-electron chi connectivity index (χ2n) is 5.34. The number of carbonyl (C=O) groups excluding carboxylic acids is 2. The summed E-state index contributed by atoms with van der Waals surface area (Å²) >= 11 is 1.42. The largest absolute Gasteiger partial charge is 0.350 e. The lowest BCUT2D eigenvalue weighted by Crippen LogP contribution is -2.45. The molecule has 0 saturated carbocycles. The predicted molar refractivity (Wildman–Crippen MR) is 86.7 cm³/mol. The van der Waals surface area contributed by atoms with Crippen molar-refractivity contribution in [1.29, 1.82) is 0 Å². The van der Waals surface area contributed by atoms with E-state index < -0.39 is 0 Å². The topological polar surface area (TPSA) is 49.4 Å². The molecule has 0 spiro atoms. The number of benzene rings is 1. The van der Waals surface area contributed by atoms with E-state index >= 15 is 0 Å². The number of nitrogens with zero attached hydrogens (tertiary/aromatic N) is 1. The minimum absolute atomic E-state index is 0.0349. The van der Waals surface area contributed by atoms with E-state index in [-0.39, 0.29) is 17.9 Å². The summed E-state index contributed by atoms with van der Waals surface area (Å²) < 4.78 is 0. The first kappa shape index (κ1) is 14.8. The molecule has 2 heterocycles. The molecule has 2 amide bonds. The van der Waals surface area contributed by atoms with Crippen molar-refractivity contribution in [2.45, 2.75) is 25.4 Å². The van der Waals surface area contributed by atoms with Crippen molar-refractivity contribution in [3.05, 3.63) is 58.3 Å². The van der Waals surface area contributed by atoms with Gasteiger partial charge in [0.25, 0.3) is 5.91 Å². The van der Waals surface area contributed by atoms with Crippen LogP contribution in [0.5, 0.6) is 0 Å². The van der Waals surface area contributed by atoms with Gasteiger partial charge in [-0.3, -0.25) is 9.59 Å². The summed E-state index contributed by atoms with van der Waals surface area (Å²) in [6.07, 6.45) is 1.61. The Morgan fingerprint density at radius 1 is 1.18 bits per heavy atom. The lowest BCUT2D eigenvalue weighted by atomic mass is 10.2. The van der Waals surface area contributed by atoms with E-state index in [2.05, 4.69) is 5.32 Å². The minimum Gasteiger partial charge on any atom is -0.350 e. The third-order valence-electron chi connectivity index (χ3n) is 3.86. The Balaban J connectivity index is 1.62. The molecule has 1 fully saturated rings. The predicted octanol–water partition coefficient (Wildman–Crippen LogP) is 2.67. The van der Waals surface area contributed by atoms with Gasteiger partial charge in [0.2, 0.25) is 5.91 Å². The first-order valence-electron chi connectivity index (χ1n) is 7.42. The molecule has 4 nitrogen and oxygen atoms in total. The van der Waals surface area contributed by atoms with Crippen LogP contribution >= 0.6 is 11.3 Å². The molecule has 1 unspecified atom stereocenters. The molecule has 1 aromatic carbocycles. The van der Waals surface area contributed by atoms with Crippen molar-refractivity contribution in [2.75, 3.05) is 6.54 Å². The van der Waals surface area contributed by atoms with E-state index in [1.165, 1.54) is 11.3 Å². The zero-order valence-electron chi connectivity index (χ0n) is 12.2. The Kier molecular flexibility index (Phi) is 4.53. The van der Waals surface area contributed by atoms with Gasteiger partial charge in [0, 0.05) is 13.1 Å². The standard InChI is InChI=1S/C17H18N2O2S/c20-16(18-12-13-6-2-1-3-7-13)14-8-4-10-19(14)17(21)15-9-5-11-22-15/h1-3,5-7,9,11,14H,4,8,10,12H2,(H,18,20). The van der Waals surface area contributed by atoms with Crippen LogP contribution in [0.3, 0.4) is 0 Å². The smallest absolute Gasteiger partial charge is 0.264 e. The van der Waals surface area contributed by atoms with Gasteiger partial charge in [-0.2, -0.15) is 0 Å². The Hall–Kier alpha value is -2.14. The second-order valence-corrected chi connectivity index (χ2v) is 6.28. The summed E-state index contributed by atoms with van der Waals surface area (Å²) in [5.41, 5.74) is 1.06. The average molecular weight is 314 g/mol. The monoisotopic (exact) mass is 314 g/mol. The van der Waals surface area contributed by atoms with Gasteiger partial charge in [-0.25, -0.2) is 0 Å². The molecule has 1 aliphatic rings. The molecule has 1 aromatic heterocycles. The number of hydrogen-bond donors (Lipinski definition) is 1. The van der Waals surface area contributed by atoms with Crippen molar-refractivity contribution < 1.29 is 9.59 Å². The van der Waals surface area contributed by atoms with Crippen LogP contribution in [0.25, 0.3) is 0 Å². The molecule has 0 bridgehead atoms. The fourth-order valence-electron chi connectivity index (χ4n) is 2.73. The highest BCUT2D eigenvalue weighted by Crippen LogP contribution is 2.22. The minimum atomic E-state index is -0.349. The van der Waals surface area contributed by atoms with E-state index in [0.717, 1.165) is 18.4 Å². The fourth-order valence-corrected chi connectivity index (χ4v) is 3.41. The molecule has 1 atom stereocenters. The number of rotatable bonds is 4. The second kappa shape index (κ2) is 6.75. The van der Waals surface area contributed by atoms with Gasteiger partial charge >= 0.3 is 0 Å². The number of nitrogens with one attached hydrogen (secondary N) is 1. The van der Waals surface area contributed by atoms with Gasteiger partial charge in [-0.05, 0) is 29.9 Å². The van der Waals surface area contributed by atoms with Gasteiger partial charge in [0.1, 0.15) is 6.04 Å². The maximum atomic E-state index is 12.5. The quantitative estimate of drug-likeness (QED) is 0.943. The molecule has 1 aliphatic heterocycles. The zero-order chi connectivity index (χ0) is 15.4. The molecule has 22 heavy (non-hydrogen) atoms. The number of amides is 2. The SMILES string of the molecule is O=C(NCc1ccccc1)C1CCCN1C(=O)c1cccs1. The summed E-state index contributed by atoms with van der Waals surface area (Å²) in [5.74, 6) is -0.0985. The summed E-state index contributed by atoms with van der Waals surface area (Å²) in [7, 11) is 0. The Morgan fingerprint density at radius 3 is 2.73 bits per heavy atom. The maximum Gasteiger partial charge on any atom is 0.264 e.